The number of rotatable bonds is 7. The van der Waals surface area contributed by atoms with Gasteiger partial charge in [-0.15, -0.1) is 0 Å². The fourth-order valence-corrected chi connectivity index (χ4v) is 2.25. The Hall–Kier alpha value is -2.95. The average molecular weight is 342 g/mol. The molecule has 25 heavy (non-hydrogen) atoms. The van der Waals surface area contributed by atoms with Gasteiger partial charge in [0.05, 0.1) is 21.3 Å². The maximum Gasteiger partial charge on any atom is 0.331 e. The van der Waals surface area contributed by atoms with Crippen LogP contribution < -0.4 is 14.2 Å². The second-order valence-electron chi connectivity index (χ2n) is 5.35. The molecule has 132 valence electrons. The minimum Gasteiger partial charge on any atom is -0.497 e. The number of ether oxygens (including phenoxy) is 4. The predicted octanol–water partition coefficient (Wildman–Crippen LogP) is 3.78. The highest BCUT2D eigenvalue weighted by molar-refractivity contribution is 5.87. The van der Waals surface area contributed by atoms with Crippen LogP contribution in [0.2, 0.25) is 0 Å². The van der Waals surface area contributed by atoms with Gasteiger partial charge < -0.3 is 18.9 Å². The molecule has 0 bridgehead atoms. The number of hydrogen-bond donors (Lipinski definition) is 0. The minimum absolute atomic E-state index is 0.165. The molecular formula is C20H22O5. The number of esters is 1. The van der Waals surface area contributed by atoms with Crippen molar-refractivity contribution in [3.05, 3.63) is 59.2 Å². The number of carbonyl (C=O) groups excluding carboxylic acids is 1. The number of benzene rings is 2. The molecule has 0 saturated heterocycles. The summed E-state index contributed by atoms with van der Waals surface area (Å²) in [6.07, 6.45) is 3.10. The molecule has 0 spiro atoms. The lowest BCUT2D eigenvalue weighted by Crippen LogP contribution is -2.03. The van der Waals surface area contributed by atoms with Gasteiger partial charge in [0.15, 0.2) is 11.5 Å². The number of aryl methyl sites for hydroxylation is 1. The van der Waals surface area contributed by atoms with E-state index in [2.05, 4.69) is 0 Å². The summed E-state index contributed by atoms with van der Waals surface area (Å²) in [6, 6.07) is 11.1. The zero-order valence-electron chi connectivity index (χ0n) is 14.9. The largest absolute Gasteiger partial charge is 0.497 e. The first kappa shape index (κ1) is 18.4. The number of hydrogen-bond acceptors (Lipinski definition) is 5. The van der Waals surface area contributed by atoms with Crippen molar-refractivity contribution in [2.45, 2.75) is 13.5 Å². The Bertz CT molecular complexity index is 747. The third kappa shape index (κ3) is 5.01. The number of carbonyl (C=O) groups is 1. The molecule has 0 fully saturated rings. The molecule has 0 atom stereocenters. The summed E-state index contributed by atoms with van der Waals surface area (Å²) < 4.78 is 20.9. The lowest BCUT2D eigenvalue weighted by molar-refractivity contribution is -0.138. The van der Waals surface area contributed by atoms with E-state index in [9.17, 15) is 4.79 Å². The zero-order valence-corrected chi connectivity index (χ0v) is 14.9. The molecule has 0 amide bonds. The summed E-state index contributed by atoms with van der Waals surface area (Å²) >= 11 is 0. The first-order chi connectivity index (χ1) is 12.1. The van der Waals surface area contributed by atoms with E-state index in [4.69, 9.17) is 18.9 Å². The highest BCUT2D eigenvalue weighted by atomic mass is 16.5. The lowest BCUT2D eigenvalue weighted by Gasteiger charge is -2.12. The van der Waals surface area contributed by atoms with Crippen LogP contribution in [0.3, 0.4) is 0 Å². The van der Waals surface area contributed by atoms with Gasteiger partial charge in [0, 0.05) is 6.08 Å². The molecule has 5 heteroatoms. The fourth-order valence-electron chi connectivity index (χ4n) is 2.25. The predicted molar refractivity (Wildman–Crippen MR) is 96.1 cm³/mol. The second kappa shape index (κ2) is 8.78. The molecule has 0 saturated carbocycles. The van der Waals surface area contributed by atoms with Gasteiger partial charge in [-0.3, -0.25) is 0 Å². The molecule has 2 aromatic carbocycles. The summed E-state index contributed by atoms with van der Waals surface area (Å²) in [6.45, 7) is 2.09. The van der Waals surface area contributed by atoms with Gasteiger partial charge in [-0.2, -0.15) is 0 Å². The van der Waals surface area contributed by atoms with E-state index in [1.165, 1.54) is 6.08 Å². The number of methoxy groups -OCH3 is 3. The maximum absolute atomic E-state index is 11.9. The van der Waals surface area contributed by atoms with Crippen molar-refractivity contribution in [1.29, 1.82) is 0 Å². The first-order valence-corrected chi connectivity index (χ1v) is 7.77. The van der Waals surface area contributed by atoms with Crippen LogP contribution in [0.5, 0.6) is 17.2 Å². The monoisotopic (exact) mass is 342 g/mol. The van der Waals surface area contributed by atoms with Crippen molar-refractivity contribution < 1.29 is 23.7 Å². The van der Waals surface area contributed by atoms with Crippen LogP contribution in [-0.2, 0) is 16.1 Å². The summed E-state index contributed by atoms with van der Waals surface area (Å²) in [7, 11) is 4.76. The van der Waals surface area contributed by atoms with Crippen LogP contribution in [0.1, 0.15) is 16.7 Å². The summed E-state index contributed by atoms with van der Waals surface area (Å²) in [4.78, 5) is 11.9. The van der Waals surface area contributed by atoms with Crippen molar-refractivity contribution >= 4 is 12.0 Å². The van der Waals surface area contributed by atoms with Crippen LogP contribution in [-0.4, -0.2) is 27.3 Å². The van der Waals surface area contributed by atoms with E-state index in [1.54, 1.807) is 27.4 Å². The normalized spacial score (nSPS) is 10.6. The zero-order chi connectivity index (χ0) is 18.2. The molecule has 0 radical (unpaired) electrons. The van der Waals surface area contributed by atoms with Gasteiger partial charge in [0.2, 0.25) is 0 Å². The Morgan fingerprint density at radius 1 is 0.960 bits per heavy atom. The molecular weight excluding hydrogens is 320 g/mol. The lowest BCUT2D eigenvalue weighted by atomic mass is 10.1. The molecule has 0 aliphatic carbocycles. The van der Waals surface area contributed by atoms with Crippen LogP contribution in [0.4, 0.5) is 0 Å². The van der Waals surface area contributed by atoms with Crippen molar-refractivity contribution in [3.8, 4) is 17.2 Å². The van der Waals surface area contributed by atoms with Crippen molar-refractivity contribution in [1.82, 2.24) is 0 Å². The molecule has 0 aliphatic rings. The molecule has 0 unspecified atom stereocenters. The molecule has 2 aromatic rings. The average Bonchev–Trinajstić information content (AvgIpc) is 2.65. The third-order valence-corrected chi connectivity index (χ3v) is 3.74. The van der Waals surface area contributed by atoms with Gasteiger partial charge >= 0.3 is 5.97 Å². The van der Waals surface area contributed by atoms with Gasteiger partial charge in [0.25, 0.3) is 0 Å². The summed E-state index contributed by atoms with van der Waals surface area (Å²) in [5.74, 6) is 1.61. The summed E-state index contributed by atoms with van der Waals surface area (Å²) in [5.41, 5.74) is 2.72. The molecule has 0 N–H and O–H groups in total. The van der Waals surface area contributed by atoms with E-state index in [-0.39, 0.29) is 6.61 Å². The van der Waals surface area contributed by atoms with Gasteiger partial charge in [-0.1, -0.05) is 12.1 Å². The van der Waals surface area contributed by atoms with Crippen LogP contribution >= 0.6 is 0 Å². The molecule has 0 heterocycles. The molecule has 5 nitrogen and oxygen atoms in total. The van der Waals surface area contributed by atoms with E-state index in [0.717, 1.165) is 22.4 Å². The SMILES string of the molecule is COc1ccc(/C=C/C(=O)OCc2cc(OC)c(OC)cc2C)cc1. The third-order valence-electron chi connectivity index (χ3n) is 3.74. The van der Waals surface area contributed by atoms with E-state index in [1.807, 2.05) is 43.3 Å². The Labute approximate surface area is 147 Å². The first-order valence-electron chi connectivity index (χ1n) is 7.77. The van der Waals surface area contributed by atoms with E-state index < -0.39 is 5.97 Å². The summed E-state index contributed by atoms with van der Waals surface area (Å²) in [5, 5.41) is 0. The Morgan fingerprint density at radius 3 is 2.20 bits per heavy atom. The van der Waals surface area contributed by atoms with E-state index in [0.29, 0.717) is 11.5 Å². The smallest absolute Gasteiger partial charge is 0.331 e. The van der Waals surface area contributed by atoms with Crippen LogP contribution in [0, 0.1) is 6.92 Å². The molecule has 2 rings (SSSR count). The minimum atomic E-state index is -0.412. The molecule has 0 aromatic heterocycles. The maximum atomic E-state index is 11.9. The highest BCUT2D eigenvalue weighted by Gasteiger charge is 2.09. The Kier molecular flexibility index (Phi) is 6.46. The quantitative estimate of drug-likeness (QED) is 0.566. The van der Waals surface area contributed by atoms with Gasteiger partial charge in [-0.05, 0) is 54.0 Å². The topological polar surface area (TPSA) is 54.0 Å². The van der Waals surface area contributed by atoms with E-state index >= 15 is 0 Å². The standard InChI is InChI=1S/C20H22O5/c1-14-11-18(23-3)19(24-4)12-16(14)13-25-20(21)10-7-15-5-8-17(22-2)9-6-15/h5-12H,13H2,1-4H3/b10-7+. The van der Waals surface area contributed by atoms with Crippen LogP contribution in [0.15, 0.2) is 42.5 Å². The van der Waals surface area contributed by atoms with Gasteiger partial charge in [0.1, 0.15) is 12.4 Å². The van der Waals surface area contributed by atoms with Gasteiger partial charge in [-0.25, -0.2) is 4.79 Å². The highest BCUT2D eigenvalue weighted by Crippen LogP contribution is 2.30. The van der Waals surface area contributed by atoms with Crippen LogP contribution in [0.25, 0.3) is 6.08 Å². The van der Waals surface area contributed by atoms with Crippen molar-refractivity contribution in [2.75, 3.05) is 21.3 Å². The Balaban J connectivity index is 1.98. The fraction of sp³-hybridized carbons (Fsp3) is 0.250. The molecule has 0 aliphatic heterocycles. The second-order valence-corrected chi connectivity index (χ2v) is 5.35. The Morgan fingerprint density at radius 2 is 1.60 bits per heavy atom. The van der Waals surface area contributed by atoms with Crippen molar-refractivity contribution in [2.24, 2.45) is 0 Å². The van der Waals surface area contributed by atoms with Crippen molar-refractivity contribution in [3.63, 3.8) is 0 Å².